The molecular weight excluding hydrogens is 200 g/mol. The normalized spacial score (nSPS) is 54.1. The number of carbonyl (C=O) groups excluding carboxylic acids is 1. The molecule has 1 aliphatic carbocycles. The Morgan fingerprint density at radius 3 is 2.75 bits per heavy atom. The van der Waals surface area contributed by atoms with Gasteiger partial charge in [0.2, 0.25) is 0 Å². The largest absolute Gasteiger partial charge is 0.359 e. The summed E-state index contributed by atoms with van der Waals surface area (Å²) in [6.07, 6.45) is 8.60. The molecule has 4 unspecified atom stereocenters. The molecule has 0 amide bonds. The summed E-state index contributed by atoms with van der Waals surface area (Å²) in [5.74, 6) is 0.790. The van der Waals surface area contributed by atoms with Crippen LogP contribution >= 0.6 is 0 Å². The third-order valence-corrected chi connectivity index (χ3v) is 5.13. The van der Waals surface area contributed by atoms with E-state index in [0.717, 1.165) is 19.3 Å². The second kappa shape index (κ2) is 2.79. The second-order valence-corrected chi connectivity index (χ2v) is 6.15. The molecule has 2 nitrogen and oxygen atoms in total. The Labute approximate surface area is 97.1 Å². The summed E-state index contributed by atoms with van der Waals surface area (Å²) < 4.78 is 6.30. The van der Waals surface area contributed by atoms with Crippen molar-refractivity contribution in [3.63, 3.8) is 0 Å². The van der Waals surface area contributed by atoms with E-state index in [0.29, 0.717) is 11.7 Å². The average molecular weight is 220 g/mol. The molecule has 3 rings (SSSR count). The van der Waals surface area contributed by atoms with Crippen LogP contribution in [-0.2, 0) is 9.53 Å². The van der Waals surface area contributed by atoms with Crippen molar-refractivity contribution < 1.29 is 9.53 Å². The maximum atomic E-state index is 12.2. The van der Waals surface area contributed by atoms with Gasteiger partial charge in [-0.1, -0.05) is 25.5 Å². The van der Waals surface area contributed by atoms with Gasteiger partial charge in [0.15, 0.2) is 0 Å². The molecule has 2 aliphatic heterocycles. The van der Waals surface area contributed by atoms with Gasteiger partial charge in [-0.15, -0.1) is 0 Å². The fraction of sp³-hybridized carbons (Fsp3) is 0.786. The minimum absolute atomic E-state index is 0.190. The van der Waals surface area contributed by atoms with Crippen LogP contribution in [0.2, 0.25) is 0 Å². The van der Waals surface area contributed by atoms with Gasteiger partial charge in [-0.3, -0.25) is 4.79 Å². The molecule has 0 N–H and O–H groups in total. The Balaban J connectivity index is 2.16. The van der Waals surface area contributed by atoms with E-state index in [2.05, 4.69) is 26.0 Å². The Kier molecular flexibility index (Phi) is 1.83. The molecule has 0 radical (unpaired) electrons. The highest BCUT2D eigenvalue weighted by molar-refractivity contribution is 5.86. The molecule has 88 valence electrons. The Morgan fingerprint density at radius 2 is 2.19 bits per heavy atom. The van der Waals surface area contributed by atoms with Gasteiger partial charge in [-0.25, -0.2) is 0 Å². The topological polar surface area (TPSA) is 26.3 Å². The molecule has 2 bridgehead atoms. The van der Waals surface area contributed by atoms with E-state index in [1.54, 1.807) is 6.92 Å². The fourth-order valence-electron chi connectivity index (χ4n) is 4.36. The number of hydrogen-bond donors (Lipinski definition) is 0. The summed E-state index contributed by atoms with van der Waals surface area (Å²) in [7, 11) is 0. The first-order valence-corrected chi connectivity index (χ1v) is 6.36. The van der Waals surface area contributed by atoms with E-state index in [1.165, 1.54) is 6.42 Å². The van der Waals surface area contributed by atoms with Gasteiger partial charge in [0.1, 0.15) is 11.4 Å². The molecule has 3 aliphatic rings. The second-order valence-electron chi connectivity index (χ2n) is 6.15. The van der Waals surface area contributed by atoms with Crippen molar-refractivity contribution in [1.29, 1.82) is 0 Å². The number of ketones is 1. The quantitative estimate of drug-likeness (QED) is 0.635. The maximum absolute atomic E-state index is 12.2. The number of Topliss-reactive ketones (excluding diaryl/α,β-unsaturated/α-hetero) is 1. The van der Waals surface area contributed by atoms with E-state index in [4.69, 9.17) is 4.74 Å². The molecule has 0 aromatic rings. The number of carbonyl (C=O) groups is 1. The van der Waals surface area contributed by atoms with E-state index < -0.39 is 0 Å². The molecule has 2 heteroatoms. The van der Waals surface area contributed by atoms with Crippen LogP contribution < -0.4 is 0 Å². The first-order valence-electron chi connectivity index (χ1n) is 6.36. The summed E-state index contributed by atoms with van der Waals surface area (Å²) in [5.41, 5.74) is -0.704. The lowest BCUT2D eigenvalue weighted by Gasteiger charge is -2.48. The van der Waals surface area contributed by atoms with Crippen molar-refractivity contribution in [2.24, 2.45) is 11.3 Å². The summed E-state index contributed by atoms with van der Waals surface area (Å²) >= 11 is 0. The van der Waals surface area contributed by atoms with Crippen LogP contribution in [0.1, 0.15) is 46.5 Å². The van der Waals surface area contributed by atoms with E-state index in [-0.39, 0.29) is 16.6 Å². The molecule has 1 saturated carbocycles. The third kappa shape index (κ3) is 0.951. The minimum atomic E-state index is -0.286. The molecule has 0 aromatic heterocycles. The molecule has 4 atom stereocenters. The highest BCUT2D eigenvalue weighted by atomic mass is 16.5. The maximum Gasteiger partial charge on any atom is 0.139 e. The summed E-state index contributed by atoms with van der Waals surface area (Å²) in [5, 5.41) is 0. The van der Waals surface area contributed by atoms with E-state index in [9.17, 15) is 4.79 Å². The first kappa shape index (κ1) is 10.5. The Morgan fingerprint density at radius 1 is 1.44 bits per heavy atom. The fourth-order valence-corrected chi connectivity index (χ4v) is 4.36. The number of rotatable bonds is 1. The standard InChI is InChI=1S/C14H20O2/c1-10-5-4-6-13(11(2)15)9-12(3)7-8-14(10,13)16-12/h7-8,10H,4-6,9H2,1-3H3. The van der Waals surface area contributed by atoms with Crippen molar-refractivity contribution in [2.75, 3.05) is 0 Å². The lowest BCUT2D eigenvalue weighted by Crippen LogP contribution is -2.54. The van der Waals surface area contributed by atoms with Crippen LogP contribution in [0.5, 0.6) is 0 Å². The van der Waals surface area contributed by atoms with Gasteiger partial charge in [-0.2, -0.15) is 0 Å². The molecule has 2 heterocycles. The summed E-state index contributed by atoms with van der Waals surface area (Å²) in [6, 6.07) is 0. The van der Waals surface area contributed by atoms with Gasteiger partial charge in [0.25, 0.3) is 0 Å². The molecule has 1 saturated heterocycles. The highest BCUT2D eigenvalue weighted by Gasteiger charge is 2.69. The van der Waals surface area contributed by atoms with Crippen LogP contribution in [0, 0.1) is 11.3 Å². The predicted molar refractivity (Wildman–Crippen MR) is 62.1 cm³/mol. The zero-order valence-corrected chi connectivity index (χ0v) is 10.4. The van der Waals surface area contributed by atoms with Crippen LogP contribution in [0.3, 0.4) is 0 Å². The smallest absolute Gasteiger partial charge is 0.139 e. The van der Waals surface area contributed by atoms with Crippen molar-refractivity contribution >= 4 is 5.78 Å². The lowest BCUT2D eigenvalue weighted by atomic mass is 9.54. The number of hydrogen-bond acceptors (Lipinski definition) is 2. The summed E-state index contributed by atoms with van der Waals surface area (Å²) in [6.45, 7) is 6.10. The zero-order valence-electron chi connectivity index (χ0n) is 10.4. The lowest BCUT2D eigenvalue weighted by molar-refractivity contribution is -0.147. The van der Waals surface area contributed by atoms with Gasteiger partial charge in [-0.05, 0) is 39.0 Å². The summed E-state index contributed by atoms with van der Waals surface area (Å²) in [4.78, 5) is 12.2. The van der Waals surface area contributed by atoms with Gasteiger partial charge in [0.05, 0.1) is 11.0 Å². The van der Waals surface area contributed by atoms with Crippen molar-refractivity contribution in [2.45, 2.75) is 57.7 Å². The zero-order chi connectivity index (χ0) is 11.6. The molecule has 1 spiro atoms. The third-order valence-electron chi connectivity index (χ3n) is 5.13. The van der Waals surface area contributed by atoms with Gasteiger partial charge >= 0.3 is 0 Å². The number of ether oxygens (including phenoxy) is 1. The Bertz CT molecular complexity index is 386. The Hall–Kier alpha value is -0.630. The first-order chi connectivity index (χ1) is 7.44. The monoisotopic (exact) mass is 220 g/mol. The molecule has 2 fully saturated rings. The highest BCUT2D eigenvalue weighted by Crippen LogP contribution is 2.65. The number of fused-ring (bicyclic) bond motifs is 1. The van der Waals surface area contributed by atoms with Crippen LogP contribution in [0.15, 0.2) is 12.2 Å². The van der Waals surface area contributed by atoms with Crippen LogP contribution in [0.25, 0.3) is 0 Å². The van der Waals surface area contributed by atoms with Crippen LogP contribution in [-0.4, -0.2) is 17.0 Å². The minimum Gasteiger partial charge on any atom is -0.359 e. The van der Waals surface area contributed by atoms with Crippen LogP contribution in [0.4, 0.5) is 0 Å². The van der Waals surface area contributed by atoms with E-state index in [1.807, 2.05) is 0 Å². The van der Waals surface area contributed by atoms with Crippen molar-refractivity contribution in [3.05, 3.63) is 12.2 Å². The van der Waals surface area contributed by atoms with Gasteiger partial charge < -0.3 is 4.74 Å². The molecule has 16 heavy (non-hydrogen) atoms. The van der Waals surface area contributed by atoms with Crippen molar-refractivity contribution in [3.8, 4) is 0 Å². The van der Waals surface area contributed by atoms with Crippen molar-refractivity contribution in [1.82, 2.24) is 0 Å². The average Bonchev–Trinajstić information content (AvgIpc) is 2.67. The van der Waals surface area contributed by atoms with E-state index >= 15 is 0 Å². The van der Waals surface area contributed by atoms with Gasteiger partial charge in [0, 0.05) is 0 Å². The SMILES string of the molecule is CC(=O)C12CCCC(C)C13C=CC(C)(C2)O3. The molecular formula is C14H20O2. The molecule has 0 aromatic carbocycles. The predicted octanol–water partition coefficient (Wildman–Crippen LogP) is 2.87.